The summed E-state index contributed by atoms with van der Waals surface area (Å²) in [4.78, 5) is 16.5. The second-order valence-corrected chi connectivity index (χ2v) is 5.83. The van der Waals surface area contributed by atoms with Gasteiger partial charge in [0, 0.05) is 31.4 Å². The zero-order chi connectivity index (χ0) is 14.5. The third-order valence-corrected chi connectivity index (χ3v) is 3.86. The van der Waals surface area contributed by atoms with Gasteiger partial charge in [0.05, 0.1) is 6.54 Å². The lowest BCUT2D eigenvalue weighted by molar-refractivity contribution is -0.131. The highest BCUT2D eigenvalue weighted by atomic mass is 16.2. The Labute approximate surface area is 121 Å². The van der Waals surface area contributed by atoms with Gasteiger partial charge in [-0.2, -0.15) is 0 Å². The van der Waals surface area contributed by atoms with E-state index in [1.807, 2.05) is 23.1 Å². The zero-order valence-corrected chi connectivity index (χ0v) is 12.5. The van der Waals surface area contributed by atoms with Gasteiger partial charge < -0.3 is 10.6 Å². The van der Waals surface area contributed by atoms with Crippen molar-refractivity contribution in [3.05, 3.63) is 29.8 Å². The maximum Gasteiger partial charge on any atom is 0.236 e. The Bertz CT molecular complexity index is 453. The maximum absolute atomic E-state index is 12.3. The zero-order valence-electron chi connectivity index (χ0n) is 12.5. The summed E-state index contributed by atoms with van der Waals surface area (Å²) < 4.78 is 0. The predicted molar refractivity (Wildman–Crippen MR) is 82.2 cm³/mol. The molecule has 1 aliphatic rings. The minimum absolute atomic E-state index is 0.250. The number of likely N-dealkylation sites (tertiary alicyclic amines) is 1. The number of rotatable bonds is 5. The average molecular weight is 275 g/mol. The predicted octanol–water partition coefficient (Wildman–Crippen LogP) is 2.10. The van der Waals surface area contributed by atoms with Crippen molar-refractivity contribution in [3.8, 4) is 0 Å². The van der Waals surface area contributed by atoms with E-state index in [9.17, 15) is 4.79 Å². The molecule has 4 nitrogen and oxygen atoms in total. The number of carbonyl (C=O) groups is 1. The molecule has 1 amide bonds. The van der Waals surface area contributed by atoms with Crippen LogP contribution in [0.5, 0.6) is 0 Å². The van der Waals surface area contributed by atoms with Gasteiger partial charge in [-0.05, 0) is 44.4 Å². The first-order valence-corrected chi connectivity index (χ1v) is 7.42. The van der Waals surface area contributed by atoms with Crippen molar-refractivity contribution in [1.82, 2.24) is 9.80 Å². The number of nitrogen functional groups attached to an aromatic ring is 1. The number of carbonyl (C=O) groups excluding carboxylic acids is 1. The number of anilines is 1. The fourth-order valence-electron chi connectivity index (χ4n) is 2.59. The first-order chi connectivity index (χ1) is 9.56. The first-order valence-electron chi connectivity index (χ1n) is 7.42. The number of amides is 1. The SMILES string of the molecule is CC(C)N(CC(=O)N1CCCC1)Cc1cccc(N)c1. The molecule has 1 heterocycles. The summed E-state index contributed by atoms with van der Waals surface area (Å²) in [5, 5.41) is 0. The fraction of sp³-hybridized carbons (Fsp3) is 0.562. The summed E-state index contributed by atoms with van der Waals surface area (Å²) in [5.74, 6) is 0.250. The molecule has 20 heavy (non-hydrogen) atoms. The minimum atomic E-state index is 0.250. The third kappa shape index (κ3) is 3.97. The van der Waals surface area contributed by atoms with Gasteiger partial charge in [-0.25, -0.2) is 0 Å². The number of hydrogen-bond acceptors (Lipinski definition) is 3. The molecule has 4 heteroatoms. The summed E-state index contributed by atoms with van der Waals surface area (Å²) >= 11 is 0. The van der Waals surface area contributed by atoms with Crippen LogP contribution in [0.15, 0.2) is 24.3 Å². The summed E-state index contributed by atoms with van der Waals surface area (Å²) in [6, 6.07) is 8.23. The molecule has 2 N–H and O–H groups in total. The van der Waals surface area contributed by atoms with Gasteiger partial charge in [0.15, 0.2) is 0 Å². The standard InChI is InChI=1S/C16H25N3O/c1-13(2)19(11-14-6-5-7-15(17)10-14)12-16(20)18-8-3-4-9-18/h5-7,10,13H,3-4,8-9,11-12,17H2,1-2H3. The quantitative estimate of drug-likeness (QED) is 0.837. The van der Waals surface area contributed by atoms with Crippen LogP contribution < -0.4 is 5.73 Å². The Kier molecular flexibility index (Phi) is 5.01. The van der Waals surface area contributed by atoms with E-state index in [2.05, 4.69) is 24.8 Å². The number of nitrogens with two attached hydrogens (primary N) is 1. The fourth-order valence-corrected chi connectivity index (χ4v) is 2.59. The smallest absolute Gasteiger partial charge is 0.236 e. The van der Waals surface area contributed by atoms with Crippen LogP contribution >= 0.6 is 0 Å². The van der Waals surface area contributed by atoms with E-state index >= 15 is 0 Å². The highest BCUT2D eigenvalue weighted by Gasteiger charge is 2.21. The van der Waals surface area contributed by atoms with Crippen LogP contribution in [0.1, 0.15) is 32.3 Å². The van der Waals surface area contributed by atoms with Crippen molar-refractivity contribution in [3.63, 3.8) is 0 Å². The van der Waals surface area contributed by atoms with Crippen LogP contribution in [0.4, 0.5) is 5.69 Å². The Hall–Kier alpha value is -1.55. The van der Waals surface area contributed by atoms with Crippen molar-refractivity contribution in [2.24, 2.45) is 0 Å². The number of hydrogen-bond donors (Lipinski definition) is 1. The van der Waals surface area contributed by atoms with Crippen LogP contribution in [0.2, 0.25) is 0 Å². The molecular weight excluding hydrogens is 250 g/mol. The lowest BCUT2D eigenvalue weighted by Gasteiger charge is -2.28. The van der Waals surface area contributed by atoms with Crippen LogP contribution in [0.3, 0.4) is 0 Å². The van der Waals surface area contributed by atoms with E-state index in [-0.39, 0.29) is 5.91 Å². The Morgan fingerprint density at radius 2 is 2.05 bits per heavy atom. The van der Waals surface area contributed by atoms with Gasteiger partial charge in [0.25, 0.3) is 0 Å². The summed E-state index contributed by atoms with van der Waals surface area (Å²) in [6.45, 7) is 7.36. The Balaban J connectivity index is 1.98. The van der Waals surface area contributed by atoms with Crippen molar-refractivity contribution >= 4 is 11.6 Å². The summed E-state index contributed by atoms with van der Waals surface area (Å²) in [5.41, 5.74) is 7.75. The third-order valence-electron chi connectivity index (χ3n) is 3.86. The molecule has 1 aromatic carbocycles. The summed E-state index contributed by atoms with van der Waals surface area (Å²) in [7, 11) is 0. The average Bonchev–Trinajstić information content (AvgIpc) is 2.91. The van der Waals surface area contributed by atoms with E-state index < -0.39 is 0 Å². The van der Waals surface area contributed by atoms with Crippen LogP contribution in [-0.4, -0.2) is 41.4 Å². The molecule has 2 rings (SSSR count). The van der Waals surface area contributed by atoms with Crippen molar-refractivity contribution in [2.75, 3.05) is 25.4 Å². The topological polar surface area (TPSA) is 49.6 Å². The van der Waals surface area contributed by atoms with E-state index in [1.54, 1.807) is 0 Å². The molecule has 1 aromatic rings. The molecule has 0 saturated carbocycles. The monoisotopic (exact) mass is 275 g/mol. The molecule has 1 aliphatic heterocycles. The lowest BCUT2D eigenvalue weighted by atomic mass is 10.1. The molecule has 0 unspecified atom stereocenters. The minimum Gasteiger partial charge on any atom is -0.399 e. The molecule has 110 valence electrons. The van der Waals surface area contributed by atoms with Crippen LogP contribution in [0, 0.1) is 0 Å². The molecule has 1 fully saturated rings. The van der Waals surface area contributed by atoms with E-state index in [0.717, 1.165) is 43.7 Å². The largest absolute Gasteiger partial charge is 0.399 e. The highest BCUT2D eigenvalue weighted by Crippen LogP contribution is 2.13. The highest BCUT2D eigenvalue weighted by molar-refractivity contribution is 5.78. The van der Waals surface area contributed by atoms with Crippen LogP contribution in [-0.2, 0) is 11.3 Å². The van der Waals surface area contributed by atoms with Crippen LogP contribution in [0.25, 0.3) is 0 Å². The van der Waals surface area contributed by atoms with E-state index in [0.29, 0.717) is 12.6 Å². The Morgan fingerprint density at radius 1 is 1.35 bits per heavy atom. The van der Waals surface area contributed by atoms with Gasteiger partial charge in [-0.15, -0.1) is 0 Å². The molecule has 0 spiro atoms. The van der Waals surface area contributed by atoms with Crippen molar-refractivity contribution < 1.29 is 4.79 Å². The van der Waals surface area contributed by atoms with Gasteiger partial charge in [0.2, 0.25) is 5.91 Å². The number of nitrogens with zero attached hydrogens (tertiary/aromatic N) is 2. The molecule has 0 aromatic heterocycles. The molecular formula is C16H25N3O. The molecule has 0 bridgehead atoms. The molecule has 0 radical (unpaired) electrons. The van der Waals surface area contributed by atoms with E-state index in [1.165, 1.54) is 0 Å². The first kappa shape index (κ1) is 14.9. The lowest BCUT2D eigenvalue weighted by Crippen LogP contribution is -2.41. The van der Waals surface area contributed by atoms with Gasteiger partial charge in [-0.3, -0.25) is 9.69 Å². The second kappa shape index (κ2) is 6.75. The number of benzene rings is 1. The summed E-state index contributed by atoms with van der Waals surface area (Å²) in [6.07, 6.45) is 2.28. The Morgan fingerprint density at radius 3 is 2.65 bits per heavy atom. The van der Waals surface area contributed by atoms with Gasteiger partial charge >= 0.3 is 0 Å². The maximum atomic E-state index is 12.3. The molecule has 1 saturated heterocycles. The van der Waals surface area contributed by atoms with E-state index in [4.69, 9.17) is 5.73 Å². The van der Waals surface area contributed by atoms with Crippen molar-refractivity contribution in [1.29, 1.82) is 0 Å². The molecule has 0 atom stereocenters. The second-order valence-electron chi connectivity index (χ2n) is 5.83. The normalized spacial score (nSPS) is 15.3. The molecule has 0 aliphatic carbocycles. The van der Waals surface area contributed by atoms with Crippen molar-refractivity contribution in [2.45, 2.75) is 39.3 Å². The van der Waals surface area contributed by atoms with Gasteiger partial charge in [0.1, 0.15) is 0 Å². The van der Waals surface area contributed by atoms with Gasteiger partial charge in [-0.1, -0.05) is 12.1 Å².